The summed E-state index contributed by atoms with van der Waals surface area (Å²) in [6, 6.07) is 43.2. The highest BCUT2D eigenvalue weighted by molar-refractivity contribution is 5.74. The third-order valence-corrected chi connectivity index (χ3v) is 6.03. The highest BCUT2D eigenvalue weighted by Gasteiger charge is 2.24. The minimum atomic E-state index is -0.752. The van der Waals surface area contributed by atoms with Crippen molar-refractivity contribution in [2.75, 3.05) is 27.7 Å². The van der Waals surface area contributed by atoms with Gasteiger partial charge < -0.3 is 14.7 Å². The topological polar surface area (TPSA) is 61.4 Å². The molecule has 0 amide bonds. The Morgan fingerprint density at radius 1 is 0.615 bits per heavy atom. The van der Waals surface area contributed by atoms with Crippen molar-refractivity contribution >= 4 is 5.97 Å². The lowest BCUT2D eigenvalue weighted by atomic mass is 9.98. The Bertz CT molecular complexity index is 1450. The number of aliphatic carboxylic acids is 1. The second-order valence-electron chi connectivity index (χ2n) is 10.3. The predicted molar refractivity (Wildman–Crippen MR) is 156 cm³/mol. The van der Waals surface area contributed by atoms with Gasteiger partial charge in [-0.3, -0.25) is 0 Å². The van der Waals surface area contributed by atoms with Crippen molar-refractivity contribution in [3.63, 3.8) is 0 Å². The van der Waals surface area contributed by atoms with Crippen molar-refractivity contribution in [3.8, 4) is 45.1 Å². The van der Waals surface area contributed by atoms with E-state index in [2.05, 4.69) is 89.5 Å². The average molecular weight is 519 g/mol. The number of hydrogen-bond acceptors (Lipinski definition) is 2. The van der Waals surface area contributed by atoms with Gasteiger partial charge in [0.1, 0.15) is 5.75 Å². The number of pyridine rings is 1. The Kier molecular flexibility index (Phi) is 8.54. The number of aromatic nitrogens is 1. The number of carboxylic acids is 1. The van der Waals surface area contributed by atoms with E-state index in [1.165, 1.54) is 5.56 Å². The molecule has 5 heteroatoms. The zero-order valence-corrected chi connectivity index (χ0v) is 22.5. The number of likely N-dealkylation sites (N-methyl/N-ethyl adjacent to an activating group) is 1. The number of phenols is 1. The predicted octanol–water partition coefficient (Wildman–Crippen LogP) is 6.45. The van der Waals surface area contributed by atoms with Crippen molar-refractivity contribution < 1.29 is 24.1 Å². The maximum Gasteiger partial charge on any atom is 0.359 e. The quantitative estimate of drug-likeness (QED) is 0.201. The molecule has 5 aromatic rings. The molecule has 0 bridgehead atoms. The van der Waals surface area contributed by atoms with Gasteiger partial charge in [0.25, 0.3) is 0 Å². The maximum absolute atomic E-state index is 10.00. The Morgan fingerprint density at radius 3 is 1.38 bits per heavy atom. The van der Waals surface area contributed by atoms with E-state index in [9.17, 15) is 9.90 Å². The third kappa shape index (κ3) is 7.40. The molecule has 0 saturated heterocycles. The van der Waals surface area contributed by atoms with Crippen LogP contribution in [0.1, 0.15) is 0 Å². The van der Waals surface area contributed by atoms with Crippen LogP contribution in [-0.2, 0) is 4.79 Å². The summed E-state index contributed by atoms with van der Waals surface area (Å²) < 4.78 is 2.74. The van der Waals surface area contributed by atoms with Gasteiger partial charge in [-0.05, 0) is 47.5 Å². The summed E-state index contributed by atoms with van der Waals surface area (Å²) in [6.45, 7) is 0.181. The van der Waals surface area contributed by atoms with E-state index in [-0.39, 0.29) is 12.3 Å². The second kappa shape index (κ2) is 12.2. The highest BCUT2D eigenvalue weighted by Crippen LogP contribution is 2.30. The molecule has 1 heterocycles. The van der Waals surface area contributed by atoms with Gasteiger partial charge in [-0.2, -0.15) is 4.57 Å². The van der Waals surface area contributed by atoms with Crippen LogP contribution < -0.4 is 4.57 Å². The molecule has 0 spiro atoms. The molecule has 0 saturated carbocycles. The molecule has 0 fully saturated rings. The summed E-state index contributed by atoms with van der Waals surface area (Å²) in [4.78, 5) is 10.00. The molecule has 196 valence electrons. The molecule has 0 aliphatic carbocycles. The van der Waals surface area contributed by atoms with Crippen molar-refractivity contribution in [1.82, 2.24) is 0 Å². The monoisotopic (exact) mass is 518 g/mol. The van der Waals surface area contributed by atoms with Crippen LogP contribution in [0, 0.1) is 0 Å². The molecule has 4 aromatic carbocycles. The number of nitrogens with zero attached hydrogens (tertiary/aromatic N) is 2. The van der Waals surface area contributed by atoms with Crippen LogP contribution in [0.15, 0.2) is 127 Å². The summed E-state index contributed by atoms with van der Waals surface area (Å²) in [7, 11) is 5.52. The van der Waals surface area contributed by atoms with E-state index in [1.807, 2.05) is 51.5 Å². The van der Waals surface area contributed by atoms with Crippen LogP contribution >= 0.6 is 0 Å². The van der Waals surface area contributed by atoms with E-state index < -0.39 is 5.97 Å². The Hall–Kier alpha value is -4.74. The summed E-state index contributed by atoms with van der Waals surface area (Å²) in [5.74, 6) is -0.495. The Morgan fingerprint density at radius 2 is 1.03 bits per heavy atom. The Labute approximate surface area is 230 Å². The Balaban J connectivity index is 0.000000386. The zero-order chi connectivity index (χ0) is 27.8. The van der Waals surface area contributed by atoms with Gasteiger partial charge in [-0.25, -0.2) is 4.79 Å². The molecule has 1 aromatic heterocycles. The van der Waals surface area contributed by atoms with Crippen LogP contribution in [0.3, 0.4) is 0 Å². The molecular weight excluding hydrogens is 484 g/mol. The normalized spacial score (nSPS) is 10.8. The summed E-state index contributed by atoms with van der Waals surface area (Å²) >= 11 is 0. The number of quaternary nitrogens is 1. The second-order valence-corrected chi connectivity index (χ2v) is 10.3. The average Bonchev–Trinajstić information content (AvgIpc) is 2.93. The van der Waals surface area contributed by atoms with Crippen molar-refractivity contribution in [2.45, 2.75) is 0 Å². The van der Waals surface area contributed by atoms with E-state index in [0.29, 0.717) is 4.48 Å². The lowest BCUT2D eigenvalue weighted by Crippen LogP contribution is -2.39. The first-order chi connectivity index (χ1) is 18.7. The summed E-state index contributed by atoms with van der Waals surface area (Å²) in [6.07, 6.45) is 0. The molecule has 5 rings (SSSR count). The van der Waals surface area contributed by atoms with Crippen LogP contribution in [-0.4, -0.2) is 48.4 Å². The van der Waals surface area contributed by atoms with Gasteiger partial charge >= 0.3 is 5.97 Å². The summed E-state index contributed by atoms with van der Waals surface area (Å²) in [5, 5.41) is 18.1. The van der Waals surface area contributed by atoms with Gasteiger partial charge in [0.2, 0.25) is 17.1 Å². The minimum Gasteiger partial charge on any atom is -0.508 e. The van der Waals surface area contributed by atoms with Crippen LogP contribution in [0.5, 0.6) is 5.75 Å². The molecule has 0 radical (unpaired) electrons. The first-order valence-corrected chi connectivity index (χ1v) is 12.8. The lowest BCUT2D eigenvalue weighted by Gasteiger charge is -2.20. The van der Waals surface area contributed by atoms with E-state index >= 15 is 0 Å². The fourth-order valence-electron chi connectivity index (χ4n) is 4.32. The number of benzene rings is 4. The van der Waals surface area contributed by atoms with Crippen LogP contribution in [0.4, 0.5) is 0 Å². The lowest BCUT2D eigenvalue weighted by molar-refractivity contribution is -0.862. The van der Waals surface area contributed by atoms with Crippen molar-refractivity contribution in [3.05, 3.63) is 127 Å². The zero-order valence-electron chi connectivity index (χ0n) is 22.5. The van der Waals surface area contributed by atoms with Gasteiger partial charge in [-0.15, -0.1) is 0 Å². The smallest absolute Gasteiger partial charge is 0.359 e. The molecule has 0 aliphatic heterocycles. The van der Waals surface area contributed by atoms with Crippen LogP contribution in [0.2, 0.25) is 0 Å². The van der Waals surface area contributed by atoms with Gasteiger partial charge in [-0.1, -0.05) is 66.7 Å². The van der Waals surface area contributed by atoms with E-state index in [1.54, 1.807) is 12.1 Å². The fourth-order valence-corrected chi connectivity index (χ4v) is 4.32. The molecule has 0 atom stereocenters. The first-order valence-electron chi connectivity index (χ1n) is 12.8. The molecule has 39 heavy (non-hydrogen) atoms. The number of carboxylic acid groups (broad SMARTS) is 1. The number of phenolic OH excluding ortho intramolecular Hbond substituents is 1. The van der Waals surface area contributed by atoms with Crippen molar-refractivity contribution in [2.24, 2.45) is 0 Å². The van der Waals surface area contributed by atoms with E-state index in [4.69, 9.17) is 5.11 Å². The first kappa shape index (κ1) is 27.3. The largest absolute Gasteiger partial charge is 0.508 e. The minimum absolute atomic E-state index is 0.181. The molecule has 0 unspecified atom stereocenters. The fraction of sp³-hybridized carbons (Fsp3) is 0.118. The number of aromatic hydroxyl groups is 1. The number of rotatable bonds is 6. The SMILES string of the molecule is C[N+](C)(C)CC(=O)O.Oc1ccc(-[n+]2c(-c3ccccc3)cc(-c3ccccc3)cc2-c2ccccc2)cc1. The highest BCUT2D eigenvalue weighted by atomic mass is 16.4. The van der Waals surface area contributed by atoms with Gasteiger partial charge in [0.05, 0.1) is 21.1 Å². The van der Waals surface area contributed by atoms with Crippen LogP contribution in [0.25, 0.3) is 39.3 Å². The molecule has 2 N–H and O–H groups in total. The summed E-state index contributed by atoms with van der Waals surface area (Å²) in [5.41, 5.74) is 7.77. The standard InChI is InChI=1S/C29H21NO.C5H11NO2/c31-27-18-16-26(17-19-27)30-28(23-12-6-2-7-13-23)20-25(22-10-4-1-5-11-22)21-29(30)24-14-8-3-9-15-24;1-6(2,3)4-5(7)8/h1-21H;4H2,1-3H3/p+2. The van der Waals surface area contributed by atoms with E-state index in [0.717, 1.165) is 33.8 Å². The molecule has 0 aliphatic rings. The number of hydrogen-bond donors (Lipinski definition) is 2. The molecule has 5 nitrogen and oxygen atoms in total. The number of carbonyl (C=O) groups is 1. The molecular formula is C34H34N2O3+2. The third-order valence-electron chi connectivity index (χ3n) is 6.03. The maximum atomic E-state index is 10.00. The van der Waals surface area contributed by atoms with Gasteiger partial charge in [0.15, 0.2) is 6.54 Å². The van der Waals surface area contributed by atoms with Gasteiger partial charge in [0, 0.05) is 35.4 Å². The van der Waals surface area contributed by atoms with Crippen molar-refractivity contribution in [1.29, 1.82) is 0 Å².